The average Bonchev–Trinajstić information content (AvgIpc) is 2.83. The summed E-state index contributed by atoms with van der Waals surface area (Å²) in [4.78, 5) is 12.2. The van der Waals surface area contributed by atoms with Crippen LogP contribution in [0.4, 0.5) is 0 Å². The Balaban J connectivity index is 1.77. The lowest BCUT2D eigenvalue weighted by atomic mass is 9.90. The quantitative estimate of drug-likeness (QED) is 0.173. The fourth-order valence-corrected chi connectivity index (χ4v) is 3.37. The van der Waals surface area contributed by atoms with Crippen molar-refractivity contribution < 1.29 is 14.3 Å². The van der Waals surface area contributed by atoms with Crippen LogP contribution in [0, 0.1) is 16.7 Å². The third-order valence-electron chi connectivity index (χ3n) is 5.92. The van der Waals surface area contributed by atoms with Crippen LogP contribution in [0.25, 0.3) is 11.1 Å². The second-order valence-corrected chi connectivity index (χ2v) is 8.56. The fourth-order valence-electron chi connectivity index (χ4n) is 3.37. The zero-order valence-corrected chi connectivity index (χ0v) is 19.9. The molecule has 1 unspecified atom stereocenters. The first-order valence-electron chi connectivity index (χ1n) is 12.0. The number of hydrogen-bond donors (Lipinski definition) is 0. The Labute approximate surface area is 193 Å². The van der Waals surface area contributed by atoms with Crippen LogP contribution in [0.3, 0.4) is 0 Å². The molecule has 2 rings (SSSR count). The highest BCUT2D eigenvalue weighted by molar-refractivity contribution is 5.81. The number of ether oxygens (including phenoxy) is 2. The summed E-state index contributed by atoms with van der Waals surface area (Å²) in [5, 5.41) is 9.22. The van der Waals surface area contributed by atoms with E-state index in [1.165, 1.54) is 44.9 Å². The normalized spacial score (nSPS) is 12.6. The van der Waals surface area contributed by atoms with Gasteiger partial charge in [-0.15, -0.1) is 0 Å². The molecule has 0 N–H and O–H groups in total. The van der Waals surface area contributed by atoms with Gasteiger partial charge in [0.25, 0.3) is 0 Å². The predicted molar refractivity (Wildman–Crippen MR) is 130 cm³/mol. The molecule has 0 aliphatic heterocycles. The van der Waals surface area contributed by atoms with Crippen molar-refractivity contribution in [3.8, 4) is 28.7 Å². The minimum absolute atomic E-state index is 0.411. The van der Waals surface area contributed by atoms with Crippen LogP contribution >= 0.6 is 0 Å². The molecule has 0 bridgehead atoms. The predicted octanol–water partition coefficient (Wildman–Crippen LogP) is 7.72. The van der Waals surface area contributed by atoms with E-state index in [1.807, 2.05) is 42.5 Å². The van der Waals surface area contributed by atoms with E-state index in [4.69, 9.17) is 9.47 Å². The van der Waals surface area contributed by atoms with Gasteiger partial charge in [-0.1, -0.05) is 83.1 Å². The van der Waals surface area contributed by atoms with Gasteiger partial charge in [0.15, 0.2) is 5.41 Å². The summed E-state index contributed by atoms with van der Waals surface area (Å²) in [6.07, 6.45) is 10.8. The molecular weight excluding hydrogens is 398 g/mol. The van der Waals surface area contributed by atoms with Gasteiger partial charge in [-0.2, -0.15) is 5.26 Å². The number of carbonyl (C=O) groups is 1. The molecule has 2 aromatic carbocycles. The number of hydrogen-bond acceptors (Lipinski definition) is 4. The molecule has 2 aromatic rings. The number of esters is 1. The van der Waals surface area contributed by atoms with Crippen LogP contribution in [-0.2, 0) is 4.79 Å². The number of rotatable bonds is 14. The van der Waals surface area contributed by atoms with E-state index in [2.05, 4.69) is 6.92 Å². The smallest absolute Gasteiger partial charge is 0.331 e. The van der Waals surface area contributed by atoms with E-state index in [0.29, 0.717) is 12.2 Å². The maximum absolute atomic E-state index is 12.2. The largest absolute Gasteiger partial charge is 0.494 e. The molecule has 0 spiro atoms. The molecule has 32 heavy (non-hydrogen) atoms. The highest BCUT2D eigenvalue weighted by Crippen LogP contribution is 2.27. The van der Waals surface area contributed by atoms with Gasteiger partial charge in [-0.05, 0) is 55.2 Å². The molecular formula is C28H37NO3. The lowest BCUT2D eigenvalue weighted by Gasteiger charge is -2.17. The number of benzene rings is 2. The second kappa shape index (κ2) is 13.6. The van der Waals surface area contributed by atoms with Gasteiger partial charge < -0.3 is 9.47 Å². The number of unbranched alkanes of at least 4 members (excludes halogenated alkanes) is 7. The molecule has 172 valence electrons. The number of nitrogens with zero attached hydrogens (tertiary/aromatic N) is 1. The Kier molecular flexibility index (Phi) is 10.8. The fraction of sp³-hybridized carbons (Fsp3) is 0.500. The summed E-state index contributed by atoms with van der Waals surface area (Å²) in [6.45, 7) is 6.41. The Hall–Kier alpha value is -2.80. The third kappa shape index (κ3) is 8.04. The van der Waals surface area contributed by atoms with Crippen molar-refractivity contribution in [2.75, 3.05) is 6.61 Å². The van der Waals surface area contributed by atoms with E-state index in [1.54, 1.807) is 26.0 Å². The SMILES string of the molecule is CCCCCCCCCCOc1ccc(-c2ccc(OC(=O)C(C)(C#N)CC)cc2)cc1. The van der Waals surface area contributed by atoms with Crippen molar-refractivity contribution in [1.29, 1.82) is 5.26 Å². The standard InChI is InChI=1S/C28H37NO3/c1-4-6-7-8-9-10-11-12-21-31-25-17-13-23(14-18-25)24-15-19-26(20-16-24)32-27(30)28(3,5-2)22-29/h13-20H,4-12,21H2,1-3H3. The Morgan fingerprint density at radius 2 is 1.31 bits per heavy atom. The van der Waals surface area contributed by atoms with E-state index < -0.39 is 11.4 Å². The molecule has 0 heterocycles. The minimum Gasteiger partial charge on any atom is -0.494 e. The summed E-state index contributed by atoms with van der Waals surface area (Å²) < 4.78 is 11.3. The molecule has 4 heteroatoms. The molecule has 1 atom stereocenters. The molecule has 4 nitrogen and oxygen atoms in total. The highest BCUT2D eigenvalue weighted by atomic mass is 16.5. The molecule has 0 saturated heterocycles. The first-order valence-corrected chi connectivity index (χ1v) is 12.0. The average molecular weight is 436 g/mol. The molecule has 0 amide bonds. The molecule has 0 aromatic heterocycles. The van der Waals surface area contributed by atoms with Gasteiger partial charge in [-0.3, -0.25) is 0 Å². The summed E-state index contributed by atoms with van der Waals surface area (Å²) in [5.74, 6) is 0.810. The molecule has 0 saturated carbocycles. The van der Waals surface area contributed by atoms with Crippen LogP contribution in [-0.4, -0.2) is 12.6 Å². The molecule has 0 radical (unpaired) electrons. The maximum atomic E-state index is 12.2. The van der Waals surface area contributed by atoms with Crippen molar-refractivity contribution in [2.24, 2.45) is 5.41 Å². The van der Waals surface area contributed by atoms with E-state index in [9.17, 15) is 10.1 Å². The van der Waals surface area contributed by atoms with Crippen molar-refractivity contribution in [3.63, 3.8) is 0 Å². The monoisotopic (exact) mass is 435 g/mol. The lowest BCUT2D eigenvalue weighted by molar-refractivity contribution is -0.141. The zero-order chi connectivity index (χ0) is 23.2. The summed E-state index contributed by atoms with van der Waals surface area (Å²) >= 11 is 0. The molecule has 0 aliphatic rings. The van der Waals surface area contributed by atoms with Crippen molar-refractivity contribution in [2.45, 2.75) is 78.6 Å². The Morgan fingerprint density at radius 1 is 0.812 bits per heavy atom. The van der Waals surface area contributed by atoms with Crippen LogP contribution < -0.4 is 9.47 Å². The van der Waals surface area contributed by atoms with Gasteiger partial charge in [0.05, 0.1) is 12.7 Å². The zero-order valence-electron chi connectivity index (χ0n) is 19.9. The lowest BCUT2D eigenvalue weighted by Crippen LogP contribution is -2.29. The van der Waals surface area contributed by atoms with Crippen molar-refractivity contribution in [3.05, 3.63) is 48.5 Å². The van der Waals surface area contributed by atoms with Crippen LogP contribution in [0.15, 0.2) is 48.5 Å². The molecule has 0 fully saturated rings. The van der Waals surface area contributed by atoms with E-state index >= 15 is 0 Å². The van der Waals surface area contributed by atoms with Gasteiger partial charge in [-0.25, -0.2) is 4.79 Å². The van der Waals surface area contributed by atoms with E-state index in [-0.39, 0.29) is 0 Å². The number of carbonyl (C=O) groups excluding carboxylic acids is 1. The van der Waals surface area contributed by atoms with Crippen LogP contribution in [0.5, 0.6) is 11.5 Å². The van der Waals surface area contributed by atoms with Gasteiger partial charge >= 0.3 is 5.97 Å². The van der Waals surface area contributed by atoms with Crippen LogP contribution in [0.1, 0.15) is 78.6 Å². The summed E-state index contributed by atoms with van der Waals surface area (Å²) in [7, 11) is 0. The minimum atomic E-state index is -1.12. The van der Waals surface area contributed by atoms with Crippen molar-refractivity contribution >= 4 is 5.97 Å². The first kappa shape index (κ1) is 25.5. The summed E-state index contributed by atoms with van der Waals surface area (Å²) in [5.41, 5.74) is 0.971. The second-order valence-electron chi connectivity index (χ2n) is 8.56. The topological polar surface area (TPSA) is 59.3 Å². The van der Waals surface area contributed by atoms with Crippen LogP contribution in [0.2, 0.25) is 0 Å². The highest BCUT2D eigenvalue weighted by Gasteiger charge is 2.33. The van der Waals surface area contributed by atoms with Crippen molar-refractivity contribution in [1.82, 2.24) is 0 Å². The first-order chi connectivity index (χ1) is 15.5. The third-order valence-corrected chi connectivity index (χ3v) is 5.92. The summed E-state index contributed by atoms with van der Waals surface area (Å²) in [6, 6.07) is 17.4. The van der Waals surface area contributed by atoms with Gasteiger partial charge in [0, 0.05) is 0 Å². The van der Waals surface area contributed by atoms with E-state index in [0.717, 1.165) is 29.9 Å². The maximum Gasteiger partial charge on any atom is 0.331 e. The molecule has 0 aliphatic carbocycles. The van der Waals surface area contributed by atoms with Gasteiger partial charge in [0.2, 0.25) is 0 Å². The number of nitriles is 1. The Bertz CT molecular complexity index is 852. The van der Waals surface area contributed by atoms with Gasteiger partial charge in [0.1, 0.15) is 11.5 Å². The Morgan fingerprint density at radius 3 is 1.81 bits per heavy atom.